The molecule has 0 aliphatic heterocycles. The number of carbonyl (C=O) groups excluding carboxylic acids is 1. The van der Waals surface area contributed by atoms with Crippen molar-refractivity contribution in [2.45, 2.75) is 26.4 Å². The normalized spacial score (nSPS) is 13.1. The Bertz CT molecular complexity index is 284. The zero-order valence-electron chi connectivity index (χ0n) is 8.56. The van der Waals surface area contributed by atoms with Crippen molar-refractivity contribution in [3.63, 3.8) is 0 Å². The van der Waals surface area contributed by atoms with Crippen LogP contribution in [-0.2, 0) is 11.3 Å². The SMILES string of the molecule is CCN(Cc1cccs1)C(C)C(N)=O. The zero-order valence-corrected chi connectivity index (χ0v) is 9.38. The first-order valence-corrected chi connectivity index (χ1v) is 5.58. The van der Waals surface area contributed by atoms with Gasteiger partial charge in [-0.2, -0.15) is 0 Å². The van der Waals surface area contributed by atoms with E-state index in [0.29, 0.717) is 0 Å². The molecule has 1 aromatic heterocycles. The van der Waals surface area contributed by atoms with E-state index in [1.807, 2.05) is 25.3 Å². The highest BCUT2D eigenvalue weighted by molar-refractivity contribution is 7.09. The van der Waals surface area contributed by atoms with Crippen molar-refractivity contribution < 1.29 is 4.79 Å². The van der Waals surface area contributed by atoms with E-state index in [9.17, 15) is 4.79 Å². The number of rotatable bonds is 5. The summed E-state index contributed by atoms with van der Waals surface area (Å²) in [5.41, 5.74) is 5.26. The van der Waals surface area contributed by atoms with Gasteiger partial charge in [-0.05, 0) is 24.9 Å². The molecule has 1 heterocycles. The van der Waals surface area contributed by atoms with Crippen LogP contribution in [0.5, 0.6) is 0 Å². The van der Waals surface area contributed by atoms with Gasteiger partial charge in [-0.25, -0.2) is 0 Å². The molecule has 14 heavy (non-hydrogen) atoms. The maximum atomic E-state index is 11.0. The second kappa shape index (κ2) is 5.12. The summed E-state index contributed by atoms with van der Waals surface area (Å²) in [4.78, 5) is 14.3. The Kier molecular flexibility index (Phi) is 4.10. The molecule has 1 amide bonds. The fraction of sp³-hybridized carbons (Fsp3) is 0.500. The van der Waals surface area contributed by atoms with E-state index in [4.69, 9.17) is 5.73 Å². The van der Waals surface area contributed by atoms with Gasteiger partial charge in [0.05, 0.1) is 6.04 Å². The monoisotopic (exact) mass is 212 g/mol. The third kappa shape index (κ3) is 2.82. The quantitative estimate of drug-likeness (QED) is 0.803. The molecule has 0 spiro atoms. The molecule has 0 aliphatic rings. The van der Waals surface area contributed by atoms with Gasteiger partial charge >= 0.3 is 0 Å². The molecule has 0 bridgehead atoms. The molecule has 1 rings (SSSR count). The molecule has 0 aromatic carbocycles. The minimum absolute atomic E-state index is 0.193. The van der Waals surface area contributed by atoms with Crippen LogP contribution in [0.3, 0.4) is 0 Å². The largest absolute Gasteiger partial charge is 0.368 e. The lowest BCUT2D eigenvalue weighted by molar-refractivity contribution is -0.122. The Hall–Kier alpha value is -0.870. The Morgan fingerprint density at radius 1 is 1.71 bits per heavy atom. The lowest BCUT2D eigenvalue weighted by atomic mass is 10.2. The molecule has 4 heteroatoms. The highest BCUT2D eigenvalue weighted by atomic mass is 32.1. The van der Waals surface area contributed by atoms with Gasteiger partial charge in [0, 0.05) is 11.4 Å². The molecule has 0 fully saturated rings. The molecule has 2 N–H and O–H groups in total. The van der Waals surface area contributed by atoms with E-state index in [1.54, 1.807) is 11.3 Å². The maximum absolute atomic E-state index is 11.0. The molecule has 0 radical (unpaired) electrons. The van der Waals surface area contributed by atoms with Crippen molar-refractivity contribution >= 4 is 17.2 Å². The summed E-state index contributed by atoms with van der Waals surface area (Å²) in [5, 5.41) is 2.04. The van der Waals surface area contributed by atoms with E-state index in [0.717, 1.165) is 13.1 Å². The zero-order chi connectivity index (χ0) is 10.6. The number of nitrogens with two attached hydrogens (primary N) is 1. The van der Waals surface area contributed by atoms with Crippen LogP contribution in [-0.4, -0.2) is 23.4 Å². The number of carbonyl (C=O) groups is 1. The standard InChI is InChI=1S/C10H16N2OS/c1-3-12(8(2)10(11)13)7-9-5-4-6-14-9/h4-6,8H,3,7H2,1-2H3,(H2,11,13). The third-order valence-corrected chi connectivity index (χ3v) is 3.17. The van der Waals surface area contributed by atoms with Gasteiger partial charge in [-0.3, -0.25) is 9.69 Å². The number of hydrogen-bond donors (Lipinski definition) is 1. The predicted molar refractivity (Wildman–Crippen MR) is 59.1 cm³/mol. The molecule has 0 aliphatic carbocycles. The minimum Gasteiger partial charge on any atom is -0.368 e. The molecule has 1 atom stereocenters. The fourth-order valence-corrected chi connectivity index (χ4v) is 2.03. The molecule has 1 unspecified atom stereocenters. The number of likely N-dealkylation sites (N-methyl/N-ethyl adjacent to an activating group) is 1. The maximum Gasteiger partial charge on any atom is 0.234 e. The number of nitrogens with zero attached hydrogens (tertiary/aromatic N) is 1. The number of thiophene rings is 1. The van der Waals surface area contributed by atoms with Crippen LogP contribution >= 0.6 is 11.3 Å². The van der Waals surface area contributed by atoms with Gasteiger partial charge in [-0.15, -0.1) is 11.3 Å². The van der Waals surface area contributed by atoms with Crippen LogP contribution in [0.15, 0.2) is 17.5 Å². The summed E-state index contributed by atoms with van der Waals surface area (Å²) < 4.78 is 0. The summed E-state index contributed by atoms with van der Waals surface area (Å²) >= 11 is 1.70. The van der Waals surface area contributed by atoms with Crippen molar-refractivity contribution in [1.82, 2.24) is 4.90 Å². The second-order valence-electron chi connectivity index (χ2n) is 3.22. The Balaban J connectivity index is 2.59. The van der Waals surface area contributed by atoms with Gasteiger partial charge in [0.15, 0.2) is 0 Å². The molecule has 1 aromatic rings. The van der Waals surface area contributed by atoms with Gasteiger partial charge in [0.1, 0.15) is 0 Å². The smallest absolute Gasteiger partial charge is 0.234 e. The molecule has 0 saturated carbocycles. The van der Waals surface area contributed by atoms with Crippen LogP contribution in [0.4, 0.5) is 0 Å². The van der Waals surface area contributed by atoms with Crippen LogP contribution in [0, 0.1) is 0 Å². The van der Waals surface area contributed by atoms with Crippen LogP contribution < -0.4 is 5.73 Å². The van der Waals surface area contributed by atoms with E-state index >= 15 is 0 Å². The molecule has 3 nitrogen and oxygen atoms in total. The van der Waals surface area contributed by atoms with E-state index < -0.39 is 0 Å². The van der Waals surface area contributed by atoms with Crippen molar-refractivity contribution in [2.24, 2.45) is 5.73 Å². The van der Waals surface area contributed by atoms with Crippen LogP contribution in [0.25, 0.3) is 0 Å². The average Bonchev–Trinajstić information content (AvgIpc) is 2.65. The van der Waals surface area contributed by atoms with E-state index in [1.165, 1.54) is 4.88 Å². The first-order chi connectivity index (χ1) is 6.65. The first kappa shape index (κ1) is 11.2. The summed E-state index contributed by atoms with van der Waals surface area (Å²) in [7, 11) is 0. The highest BCUT2D eigenvalue weighted by Crippen LogP contribution is 2.13. The second-order valence-corrected chi connectivity index (χ2v) is 4.25. The lowest BCUT2D eigenvalue weighted by Gasteiger charge is -2.24. The van der Waals surface area contributed by atoms with Crippen molar-refractivity contribution in [1.29, 1.82) is 0 Å². The Morgan fingerprint density at radius 2 is 2.43 bits per heavy atom. The topological polar surface area (TPSA) is 46.3 Å². The third-order valence-electron chi connectivity index (χ3n) is 2.30. The fourth-order valence-electron chi connectivity index (χ4n) is 1.31. The summed E-state index contributed by atoms with van der Waals surface area (Å²) in [6.07, 6.45) is 0. The van der Waals surface area contributed by atoms with Gasteiger partial charge < -0.3 is 5.73 Å². The molecular formula is C10H16N2OS. The van der Waals surface area contributed by atoms with Crippen molar-refractivity contribution in [3.05, 3.63) is 22.4 Å². The first-order valence-electron chi connectivity index (χ1n) is 4.71. The highest BCUT2D eigenvalue weighted by Gasteiger charge is 2.17. The Labute approximate surface area is 88.5 Å². The van der Waals surface area contributed by atoms with Gasteiger partial charge in [-0.1, -0.05) is 13.0 Å². The average molecular weight is 212 g/mol. The summed E-state index contributed by atoms with van der Waals surface area (Å²) in [6.45, 7) is 5.52. The minimum atomic E-state index is -0.261. The molecule has 0 saturated heterocycles. The number of hydrogen-bond acceptors (Lipinski definition) is 3. The number of primary amides is 1. The van der Waals surface area contributed by atoms with Crippen LogP contribution in [0.2, 0.25) is 0 Å². The van der Waals surface area contributed by atoms with Gasteiger partial charge in [0.25, 0.3) is 0 Å². The molecular weight excluding hydrogens is 196 g/mol. The van der Waals surface area contributed by atoms with Gasteiger partial charge in [0.2, 0.25) is 5.91 Å². The molecule has 78 valence electrons. The van der Waals surface area contributed by atoms with E-state index in [2.05, 4.69) is 11.0 Å². The van der Waals surface area contributed by atoms with Crippen molar-refractivity contribution in [3.8, 4) is 0 Å². The van der Waals surface area contributed by atoms with Crippen LogP contribution in [0.1, 0.15) is 18.7 Å². The summed E-state index contributed by atoms with van der Waals surface area (Å²) in [6, 6.07) is 3.89. The van der Waals surface area contributed by atoms with Crippen molar-refractivity contribution in [2.75, 3.05) is 6.54 Å². The van der Waals surface area contributed by atoms with E-state index in [-0.39, 0.29) is 11.9 Å². The summed E-state index contributed by atoms with van der Waals surface area (Å²) in [5.74, 6) is -0.261. The Morgan fingerprint density at radius 3 is 2.86 bits per heavy atom. The lowest BCUT2D eigenvalue weighted by Crippen LogP contribution is -2.41. The number of amides is 1. The predicted octanol–water partition coefficient (Wildman–Crippen LogP) is 1.44.